The molecule has 8 heteroatoms. The molecule has 6 nitrogen and oxygen atoms in total. The fourth-order valence-electron chi connectivity index (χ4n) is 4.11. The minimum atomic E-state index is -2.58. The zero-order valence-electron chi connectivity index (χ0n) is 19.1. The topological polar surface area (TPSA) is 92.7 Å². The number of hydrogen-bond acceptors (Lipinski definition) is 4. The van der Waals surface area contributed by atoms with Crippen LogP contribution in [-0.2, 0) is 4.79 Å². The number of nitrogens with one attached hydrogen (secondary N) is 1. The maximum absolute atomic E-state index is 12.6. The molecular weight excluding hydrogens is 444 g/mol. The van der Waals surface area contributed by atoms with Crippen molar-refractivity contribution in [3.63, 3.8) is 0 Å². The largest absolute Gasteiger partial charge is 0.490 e. The van der Waals surface area contributed by atoms with E-state index in [9.17, 15) is 23.2 Å². The first-order valence-electron chi connectivity index (χ1n) is 11.4. The Balaban J connectivity index is 1.43. The van der Waals surface area contributed by atoms with Crippen LogP contribution in [-0.4, -0.2) is 35.4 Å². The Morgan fingerprint density at radius 3 is 2.32 bits per heavy atom. The Kier molecular flexibility index (Phi) is 8.73. The van der Waals surface area contributed by atoms with Gasteiger partial charge in [-0.2, -0.15) is 0 Å². The van der Waals surface area contributed by atoms with Crippen molar-refractivity contribution in [2.45, 2.75) is 58.0 Å². The second-order valence-corrected chi connectivity index (χ2v) is 8.61. The van der Waals surface area contributed by atoms with E-state index in [1.54, 1.807) is 12.1 Å². The van der Waals surface area contributed by atoms with Gasteiger partial charge in [0.05, 0.1) is 12.0 Å². The lowest BCUT2D eigenvalue weighted by Crippen LogP contribution is -2.27. The number of Topliss-reactive ketones (excluding diaryl/α,β-unsaturated/α-hetero) is 1. The Morgan fingerprint density at radius 1 is 1.06 bits per heavy atom. The van der Waals surface area contributed by atoms with Crippen molar-refractivity contribution in [3.8, 4) is 5.75 Å². The lowest BCUT2D eigenvalue weighted by Gasteiger charge is -2.27. The van der Waals surface area contributed by atoms with Gasteiger partial charge in [0.1, 0.15) is 5.75 Å². The maximum atomic E-state index is 12.6. The van der Waals surface area contributed by atoms with Crippen molar-refractivity contribution in [1.29, 1.82) is 0 Å². The van der Waals surface area contributed by atoms with Crippen LogP contribution < -0.4 is 10.1 Å². The highest BCUT2D eigenvalue weighted by atomic mass is 19.3. The average molecular weight is 474 g/mol. The van der Waals surface area contributed by atoms with E-state index < -0.39 is 12.4 Å². The van der Waals surface area contributed by atoms with Crippen molar-refractivity contribution >= 4 is 17.7 Å². The fourth-order valence-corrected chi connectivity index (χ4v) is 4.11. The number of carboxylic acids is 1. The molecule has 1 amide bonds. The number of halogens is 2. The fraction of sp³-hybridized carbons (Fsp3) is 0.423. The molecule has 2 N–H and O–H groups in total. The van der Waals surface area contributed by atoms with Crippen LogP contribution in [0.25, 0.3) is 0 Å². The van der Waals surface area contributed by atoms with Gasteiger partial charge in [0.25, 0.3) is 12.3 Å². The third kappa shape index (κ3) is 6.85. The summed E-state index contributed by atoms with van der Waals surface area (Å²) in [6, 6.07) is 10.5. The number of carbonyl (C=O) groups excluding carboxylic acids is 2. The molecule has 2 aromatic carbocycles. The van der Waals surface area contributed by atoms with Crippen LogP contribution in [0.1, 0.15) is 76.8 Å². The summed E-state index contributed by atoms with van der Waals surface area (Å²) in [5.74, 6) is -0.791. The van der Waals surface area contributed by atoms with Gasteiger partial charge in [-0.25, -0.2) is 8.78 Å². The van der Waals surface area contributed by atoms with Crippen molar-refractivity contribution in [2.24, 2.45) is 5.92 Å². The molecule has 0 spiro atoms. The zero-order chi connectivity index (χ0) is 24.7. The maximum Gasteiger partial charge on any atom is 0.306 e. The molecule has 0 saturated heterocycles. The molecule has 34 heavy (non-hydrogen) atoms. The van der Waals surface area contributed by atoms with Crippen LogP contribution in [0.3, 0.4) is 0 Å². The average Bonchev–Trinajstić information content (AvgIpc) is 2.82. The summed E-state index contributed by atoms with van der Waals surface area (Å²) in [7, 11) is 0. The summed E-state index contributed by atoms with van der Waals surface area (Å²) in [6.07, 6.45) is 0.699. The smallest absolute Gasteiger partial charge is 0.306 e. The first-order valence-corrected chi connectivity index (χ1v) is 11.4. The summed E-state index contributed by atoms with van der Waals surface area (Å²) < 4.78 is 31.2. The number of amides is 1. The number of carbonyl (C=O) groups is 3. The molecule has 2 aromatic rings. The van der Waals surface area contributed by atoms with E-state index >= 15 is 0 Å². The number of carboxylic acid groups (broad SMARTS) is 1. The van der Waals surface area contributed by atoms with Gasteiger partial charge < -0.3 is 15.2 Å². The molecule has 0 bridgehead atoms. The van der Waals surface area contributed by atoms with Gasteiger partial charge in [0.2, 0.25) is 0 Å². The van der Waals surface area contributed by atoms with Gasteiger partial charge in [0, 0.05) is 29.7 Å². The van der Waals surface area contributed by atoms with Crippen LogP contribution >= 0.6 is 0 Å². The molecule has 182 valence electrons. The molecule has 0 unspecified atom stereocenters. The standard InChI is InChI=1S/C26H29F2NO5/c1-16-15-21(34-20-10-8-19(9-11-20)26(32)33)12-13-22(16)23(30)3-2-14-29-25(31)18-6-4-17(5-7-18)24(27)28/h4-7,12-13,15,19-20,24H,2-3,8-11,14H2,1H3,(H,29,31)(H,32,33). The number of aliphatic carboxylic acids is 1. The summed E-state index contributed by atoms with van der Waals surface area (Å²) in [4.78, 5) is 35.8. The van der Waals surface area contributed by atoms with Crippen molar-refractivity contribution < 1.29 is 33.0 Å². The Morgan fingerprint density at radius 2 is 1.74 bits per heavy atom. The van der Waals surface area contributed by atoms with E-state index in [0.29, 0.717) is 55.5 Å². The first-order chi connectivity index (χ1) is 16.2. The van der Waals surface area contributed by atoms with E-state index in [1.165, 1.54) is 24.3 Å². The molecule has 0 aliphatic heterocycles. The lowest BCUT2D eigenvalue weighted by molar-refractivity contribution is -0.143. The van der Waals surface area contributed by atoms with Gasteiger partial charge in [-0.15, -0.1) is 0 Å². The molecule has 0 radical (unpaired) electrons. The molecule has 1 aliphatic rings. The number of rotatable bonds is 10. The molecule has 1 aliphatic carbocycles. The number of hydrogen-bond donors (Lipinski definition) is 2. The Labute approximate surface area is 197 Å². The first kappa shape index (κ1) is 25.3. The number of ketones is 1. The summed E-state index contributed by atoms with van der Waals surface area (Å²) >= 11 is 0. The minimum absolute atomic E-state index is 0.0215. The molecule has 0 aromatic heterocycles. The molecule has 3 rings (SSSR count). The SMILES string of the molecule is Cc1cc(OC2CCC(C(=O)O)CC2)ccc1C(=O)CCCNC(=O)c1ccc(C(F)F)cc1. The third-order valence-electron chi connectivity index (χ3n) is 6.12. The van der Waals surface area contributed by atoms with E-state index in [-0.39, 0.29) is 35.7 Å². The zero-order valence-corrected chi connectivity index (χ0v) is 19.1. The Bertz CT molecular complexity index is 1010. The van der Waals surface area contributed by atoms with Crippen molar-refractivity contribution in [1.82, 2.24) is 5.32 Å². The molecule has 0 atom stereocenters. The monoisotopic (exact) mass is 473 g/mol. The summed E-state index contributed by atoms with van der Waals surface area (Å²) in [6.45, 7) is 2.13. The predicted molar refractivity (Wildman–Crippen MR) is 122 cm³/mol. The van der Waals surface area contributed by atoms with E-state index in [2.05, 4.69) is 5.32 Å². The highest BCUT2D eigenvalue weighted by Gasteiger charge is 2.27. The van der Waals surface area contributed by atoms with E-state index in [1.807, 2.05) is 13.0 Å². The number of benzene rings is 2. The van der Waals surface area contributed by atoms with E-state index in [0.717, 1.165) is 5.56 Å². The molecule has 0 heterocycles. The van der Waals surface area contributed by atoms with Gasteiger partial charge in [0.15, 0.2) is 5.78 Å². The van der Waals surface area contributed by atoms with E-state index in [4.69, 9.17) is 9.84 Å². The van der Waals surface area contributed by atoms with Gasteiger partial charge in [-0.1, -0.05) is 12.1 Å². The summed E-state index contributed by atoms with van der Waals surface area (Å²) in [5, 5.41) is 11.8. The normalized spacial score (nSPS) is 17.9. The quantitative estimate of drug-likeness (QED) is 0.359. The second-order valence-electron chi connectivity index (χ2n) is 8.61. The number of ether oxygens (including phenoxy) is 1. The molecule has 1 saturated carbocycles. The van der Waals surface area contributed by atoms with Crippen LogP contribution in [0.15, 0.2) is 42.5 Å². The van der Waals surface area contributed by atoms with Gasteiger partial charge in [-0.3, -0.25) is 14.4 Å². The summed E-state index contributed by atoms with van der Waals surface area (Å²) in [5.41, 5.74) is 1.54. The second kappa shape index (κ2) is 11.7. The van der Waals surface area contributed by atoms with Gasteiger partial charge >= 0.3 is 5.97 Å². The van der Waals surface area contributed by atoms with Crippen molar-refractivity contribution in [2.75, 3.05) is 6.54 Å². The minimum Gasteiger partial charge on any atom is -0.490 e. The molecule has 1 fully saturated rings. The highest BCUT2D eigenvalue weighted by Crippen LogP contribution is 2.29. The molecular formula is C26H29F2NO5. The van der Waals surface area contributed by atoms with Crippen LogP contribution in [0.5, 0.6) is 5.75 Å². The number of aryl methyl sites for hydroxylation is 1. The Hall–Kier alpha value is -3.29. The van der Waals surface area contributed by atoms with Crippen LogP contribution in [0, 0.1) is 12.8 Å². The van der Waals surface area contributed by atoms with Crippen molar-refractivity contribution in [3.05, 3.63) is 64.7 Å². The lowest BCUT2D eigenvalue weighted by atomic mass is 9.87. The van der Waals surface area contributed by atoms with Crippen LogP contribution in [0.4, 0.5) is 8.78 Å². The van der Waals surface area contributed by atoms with Gasteiger partial charge in [-0.05, 0) is 74.9 Å². The third-order valence-corrected chi connectivity index (χ3v) is 6.12. The highest BCUT2D eigenvalue weighted by molar-refractivity contribution is 5.97. The predicted octanol–water partition coefficient (Wildman–Crippen LogP) is 5.35. The van der Waals surface area contributed by atoms with Crippen LogP contribution in [0.2, 0.25) is 0 Å². The number of alkyl halides is 2.